The Hall–Kier alpha value is -1.38. The summed E-state index contributed by atoms with van der Waals surface area (Å²) in [6.45, 7) is 1.47. The first-order valence-corrected chi connectivity index (χ1v) is 8.39. The van der Waals surface area contributed by atoms with Crippen molar-refractivity contribution in [3.63, 3.8) is 0 Å². The van der Waals surface area contributed by atoms with Crippen molar-refractivity contribution < 1.29 is 22.4 Å². The lowest BCUT2D eigenvalue weighted by molar-refractivity contribution is 0.0600. The van der Waals surface area contributed by atoms with Gasteiger partial charge in [0.05, 0.1) is 12.7 Å². The van der Waals surface area contributed by atoms with Crippen LogP contribution in [0.25, 0.3) is 0 Å². The fourth-order valence-corrected chi connectivity index (χ4v) is 4.94. The SMILES string of the molecule is COC(=O)c1coc(S(=O)(=O)N2C3CCNCC2CC3)c1. The molecule has 2 fully saturated rings. The topological polar surface area (TPSA) is 88.8 Å². The molecule has 1 aromatic heterocycles. The van der Waals surface area contributed by atoms with Crippen LogP contribution in [0.1, 0.15) is 29.6 Å². The number of sulfonamides is 1. The van der Waals surface area contributed by atoms with E-state index in [-0.39, 0.29) is 22.7 Å². The van der Waals surface area contributed by atoms with Crippen molar-refractivity contribution >= 4 is 16.0 Å². The van der Waals surface area contributed by atoms with Gasteiger partial charge in [0, 0.05) is 24.7 Å². The number of esters is 1. The van der Waals surface area contributed by atoms with Gasteiger partial charge in [-0.15, -0.1) is 0 Å². The Morgan fingerprint density at radius 1 is 1.38 bits per heavy atom. The second kappa shape index (κ2) is 5.43. The lowest BCUT2D eigenvalue weighted by Crippen LogP contribution is -2.42. The van der Waals surface area contributed by atoms with Crippen LogP contribution in [-0.2, 0) is 14.8 Å². The summed E-state index contributed by atoms with van der Waals surface area (Å²) >= 11 is 0. The maximum absolute atomic E-state index is 12.8. The van der Waals surface area contributed by atoms with Gasteiger partial charge in [0.2, 0.25) is 5.09 Å². The summed E-state index contributed by atoms with van der Waals surface area (Å²) in [7, 11) is -2.48. The molecule has 0 spiro atoms. The molecular formula is C13H18N2O5S. The molecule has 2 aliphatic heterocycles. The zero-order chi connectivity index (χ0) is 15.0. The molecule has 0 aliphatic carbocycles. The number of furan rings is 1. The van der Waals surface area contributed by atoms with Crippen molar-refractivity contribution in [3.05, 3.63) is 17.9 Å². The summed E-state index contributed by atoms with van der Waals surface area (Å²) in [6.07, 6.45) is 3.63. The molecule has 1 N–H and O–H groups in total. The molecule has 2 saturated heterocycles. The van der Waals surface area contributed by atoms with Crippen molar-refractivity contribution in [3.8, 4) is 0 Å². The monoisotopic (exact) mass is 314 g/mol. The van der Waals surface area contributed by atoms with E-state index in [2.05, 4.69) is 10.1 Å². The Morgan fingerprint density at radius 3 is 2.90 bits per heavy atom. The number of nitrogens with zero attached hydrogens (tertiary/aromatic N) is 1. The van der Waals surface area contributed by atoms with Gasteiger partial charge >= 0.3 is 5.97 Å². The molecule has 1 aromatic rings. The normalized spacial score (nSPS) is 26.5. The van der Waals surface area contributed by atoms with Gasteiger partial charge in [-0.25, -0.2) is 13.2 Å². The number of ether oxygens (including phenoxy) is 1. The molecule has 3 heterocycles. The smallest absolute Gasteiger partial charge is 0.341 e. The summed E-state index contributed by atoms with van der Waals surface area (Å²) in [5, 5.41) is 3.06. The van der Waals surface area contributed by atoms with E-state index in [9.17, 15) is 13.2 Å². The second-order valence-electron chi connectivity index (χ2n) is 5.36. The van der Waals surface area contributed by atoms with Crippen LogP contribution in [0.4, 0.5) is 0 Å². The Morgan fingerprint density at radius 2 is 2.14 bits per heavy atom. The molecular weight excluding hydrogens is 296 g/mol. The Bertz CT molecular complexity index is 625. The van der Waals surface area contributed by atoms with Crippen molar-refractivity contribution in [1.29, 1.82) is 0 Å². The van der Waals surface area contributed by atoms with E-state index < -0.39 is 16.0 Å². The third-order valence-corrected chi connectivity index (χ3v) is 5.99. The summed E-state index contributed by atoms with van der Waals surface area (Å²) in [5.41, 5.74) is 0.108. The molecule has 0 aromatic carbocycles. The number of carbonyl (C=O) groups is 1. The number of hydrogen-bond donors (Lipinski definition) is 1. The average Bonchev–Trinajstić information content (AvgIpc) is 3.02. The van der Waals surface area contributed by atoms with Crippen LogP contribution in [0.5, 0.6) is 0 Å². The minimum absolute atomic E-state index is 0.00155. The Kier molecular flexibility index (Phi) is 3.76. The minimum atomic E-state index is -3.72. The van der Waals surface area contributed by atoms with Crippen LogP contribution in [0, 0.1) is 0 Å². The third-order valence-electron chi connectivity index (χ3n) is 4.12. The van der Waals surface area contributed by atoms with E-state index in [0.29, 0.717) is 6.54 Å². The molecule has 0 amide bonds. The van der Waals surface area contributed by atoms with Crippen LogP contribution < -0.4 is 5.32 Å². The molecule has 7 nitrogen and oxygen atoms in total. The molecule has 2 atom stereocenters. The highest BCUT2D eigenvalue weighted by Gasteiger charge is 2.44. The van der Waals surface area contributed by atoms with Crippen molar-refractivity contribution in [1.82, 2.24) is 9.62 Å². The molecule has 2 bridgehead atoms. The molecule has 21 heavy (non-hydrogen) atoms. The molecule has 0 saturated carbocycles. The number of hydrogen-bond acceptors (Lipinski definition) is 6. The largest absolute Gasteiger partial charge is 0.465 e. The fraction of sp³-hybridized carbons (Fsp3) is 0.615. The third kappa shape index (κ3) is 2.47. The van der Waals surface area contributed by atoms with Gasteiger partial charge in [-0.05, 0) is 25.8 Å². The van der Waals surface area contributed by atoms with E-state index in [1.54, 1.807) is 4.31 Å². The predicted octanol–water partition coefficient (Wildman–Crippen LogP) is 0.581. The van der Waals surface area contributed by atoms with Gasteiger partial charge in [-0.3, -0.25) is 0 Å². The second-order valence-corrected chi connectivity index (χ2v) is 7.13. The lowest BCUT2D eigenvalue weighted by atomic mass is 10.1. The van der Waals surface area contributed by atoms with E-state index in [0.717, 1.165) is 32.1 Å². The average molecular weight is 314 g/mol. The van der Waals surface area contributed by atoms with Crippen LogP contribution >= 0.6 is 0 Å². The number of rotatable bonds is 3. The summed E-state index contributed by atoms with van der Waals surface area (Å²) in [5.74, 6) is -0.610. The zero-order valence-corrected chi connectivity index (χ0v) is 12.6. The van der Waals surface area contributed by atoms with Crippen molar-refractivity contribution in [2.24, 2.45) is 0 Å². The molecule has 0 radical (unpaired) electrons. The number of nitrogens with one attached hydrogen (secondary N) is 1. The summed E-state index contributed by atoms with van der Waals surface area (Å²) < 4.78 is 36.8. The van der Waals surface area contributed by atoms with Crippen LogP contribution in [-0.4, -0.2) is 51.0 Å². The van der Waals surface area contributed by atoms with Crippen LogP contribution in [0.2, 0.25) is 0 Å². The first-order chi connectivity index (χ1) is 10.0. The van der Waals surface area contributed by atoms with Gasteiger partial charge in [0.1, 0.15) is 6.26 Å². The molecule has 116 valence electrons. The zero-order valence-electron chi connectivity index (χ0n) is 11.7. The quantitative estimate of drug-likeness (QED) is 0.821. The van der Waals surface area contributed by atoms with E-state index >= 15 is 0 Å². The van der Waals surface area contributed by atoms with Crippen molar-refractivity contribution in [2.75, 3.05) is 20.2 Å². The maximum Gasteiger partial charge on any atom is 0.341 e. The highest BCUT2D eigenvalue weighted by Crippen LogP contribution is 2.34. The van der Waals surface area contributed by atoms with Gasteiger partial charge in [0.15, 0.2) is 0 Å². The van der Waals surface area contributed by atoms with Crippen LogP contribution in [0.3, 0.4) is 0 Å². The Balaban J connectivity index is 1.93. The van der Waals surface area contributed by atoms with Crippen molar-refractivity contribution in [2.45, 2.75) is 36.4 Å². The van der Waals surface area contributed by atoms with Gasteiger partial charge in [-0.2, -0.15) is 4.31 Å². The van der Waals surface area contributed by atoms with Gasteiger partial charge in [0.25, 0.3) is 10.0 Å². The highest BCUT2D eigenvalue weighted by molar-refractivity contribution is 7.89. The lowest BCUT2D eigenvalue weighted by Gasteiger charge is -2.25. The molecule has 2 unspecified atom stereocenters. The summed E-state index contributed by atoms with van der Waals surface area (Å²) in [4.78, 5) is 11.4. The van der Waals surface area contributed by atoms with E-state index in [1.807, 2.05) is 0 Å². The molecule has 8 heteroatoms. The first kappa shape index (κ1) is 14.6. The first-order valence-electron chi connectivity index (χ1n) is 6.95. The standard InChI is InChI=1S/C13H18N2O5S/c1-19-13(16)9-6-12(20-8-9)21(17,18)15-10-2-3-11(15)7-14-5-4-10/h6,8,10-11,14H,2-5,7H2,1H3. The van der Waals surface area contributed by atoms with E-state index in [1.165, 1.54) is 13.2 Å². The van der Waals surface area contributed by atoms with Gasteiger partial charge in [-0.1, -0.05) is 0 Å². The van der Waals surface area contributed by atoms with Crippen LogP contribution in [0.15, 0.2) is 21.8 Å². The fourth-order valence-electron chi connectivity index (χ4n) is 3.11. The molecule has 2 aliphatic rings. The number of fused-ring (bicyclic) bond motifs is 2. The van der Waals surface area contributed by atoms with E-state index in [4.69, 9.17) is 4.42 Å². The summed E-state index contributed by atoms with van der Waals surface area (Å²) in [6, 6.07) is 1.19. The minimum Gasteiger partial charge on any atom is -0.465 e. The number of methoxy groups -OCH3 is 1. The highest BCUT2D eigenvalue weighted by atomic mass is 32.2. The Labute approximate surface area is 123 Å². The molecule has 3 rings (SSSR count). The maximum atomic E-state index is 12.8. The van der Waals surface area contributed by atoms with Gasteiger partial charge < -0.3 is 14.5 Å². The number of carbonyl (C=O) groups excluding carboxylic acids is 1. The predicted molar refractivity (Wildman–Crippen MR) is 73.4 cm³/mol.